The van der Waals surface area contributed by atoms with Crippen molar-refractivity contribution < 1.29 is 14.6 Å². The van der Waals surface area contributed by atoms with E-state index in [1.807, 2.05) is 18.2 Å². The van der Waals surface area contributed by atoms with Gasteiger partial charge in [-0.15, -0.1) is 0 Å². The molecule has 0 saturated carbocycles. The van der Waals surface area contributed by atoms with Gasteiger partial charge in [-0.3, -0.25) is 0 Å². The summed E-state index contributed by atoms with van der Waals surface area (Å²) in [6, 6.07) is 5.61. The van der Waals surface area contributed by atoms with Crippen molar-refractivity contribution in [2.24, 2.45) is 0 Å². The molecule has 0 radical (unpaired) electrons. The second-order valence-corrected chi connectivity index (χ2v) is 5.50. The fourth-order valence-electron chi connectivity index (χ4n) is 2.65. The van der Waals surface area contributed by atoms with E-state index in [1.165, 1.54) is 38.5 Å². The van der Waals surface area contributed by atoms with Crippen LogP contribution in [0.25, 0.3) is 0 Å². The largest absolute Gasteiger partial charge is 0.496 e. The minimum absolute atomic E-state index is 0.522. The Morgan fingerprint density at radius 2 is 1.43 bits per heavy atom. The topological polar surface area (TPSA) is 38.7 Å². The summed E-state index contributed by atoms with van der Waals surface area (Å²) < 4.78 is 10.7. The van der Waals surface area contributed by atoms with Crippen molar-refractivity contribution in [2.75, 3.05) is 14.2 Å². The Morgan fingerprint density at radius 1 is 0.905 bits per heavy atom. The van der Waals surface area contributed by atoms with Crippen LogP contribution in [-0.2, 0) is 0 Å². The number of ether oxygens (including phenoxy) is 2. The predicted octanol–water partition coefficient (Wildman–Crippen LogP) is 4.88. The lowest BCUT2D eigenvalue weighted by Crippen LogP contribution is -2.03. The lowest BCUT2D eigenvalue weighted by atomic mass is 10.00. The number of hydrogen-bond donors (Lipinski definition) is 1. The highest BCUT2D eigenvalue weighted by molar-refractivity contribution is 5.46. The zero-order chi connectivity index (χ0) is 15.5. The minimum Gasteiger partial charge on any atom is -0.496 e. The maximum Gasteiger partial charge on any atom is 0.128 e. The van der Waals surface area contributed by atoms with Crippen LogP contribution >= 0.6 is 0 Å². The van der Waals surface area contributed by atoms with Crippen molar-refractivity contribution in [3.8, 4) is 11.5 Å². The van der Waals surface area contributed by atoms with Gasteiger partial charge >= 0.3 is 0 Å². The Bertz CT molecular complexity index is 368. The van der Waals surface area contributed by atoms with Crippen molar-refractivity contribution in [3.05, 3.63) is 23.8 Å². The van der Waals surface area contributed by atoms with Crippen molar-refractivity contribution in [3.63, 3.8) is 0 Å². The van der Waals surface area contributed by atoms with Gasteiger partial charge < -0.3 is 14.6 Å². The highest BCUT2D eigenvalue weighted by Crippen LogP contribution is 2.36. The molecule has 0 heterocycles. The van der Waals surface area contributed by atoms with E-state index in [0.717, 1.165) is 18.4 Å². The molecule has 3 heteroatoms. The number of benzene rings is 1. The molecular weight excluding hydrogens is 264 g/mol. The normalized spacial score (nSPS) is 12.2. The Hall–Kier alpha value is -1.22. The van der Waals surface area contributed by atoms with E-state index < -0.39 is 6.10 Å². The Morgan fingerprint density at radius 3 is 1.95 bits per heavy atom. The van der Waals surface area contributed by atoms with Gasteiger partial charge in [0, 0.05) is 0 Å². The SMILES string of the molecule is CCCCCCCCCC(O)c1c(OC)cccc1OC. The maximum atomic E-state index is 10.4. The Labute approximate surface area is 129 Å². The Kier molecular flexibility index (Phi) is 8.91. The van der Waals surface area contributed by atoms with Crippen LogP contribution in [0.2, 0.25) is 0 Å². The first kappa shape index (κ1) is 17.8. The van der Waals surface area contributed by atoms with E-state index in [4.69, 9.17) is 9.47 Å². The molecule has 1 unspecified atom stereocenters. The summed E-state index contributed by atoms with van der Waals surface area (Å²) in [5.74, 6) is 1.40. The smallest absolute Gasteiger partial charge is 0.128 e. The summed E-state index contributed by atoms with van der Waals surface area (Å²) in [4.78, 5) is 0. The summed E-state index contributed by atoms with van der Waals surface area (Å²) >= 11 is 0. The van der Waals surface area contributed by atoms with E-state index in [9.17, 15) is 5.11 Å². The molecule has 1 N–H and O–H groups in total. The first-order valence-corrected chi connectivity index (χ1v) is 8.13. The van der Waals surface area contributed by atoms with Gasteiger partial charge in [-0.25, -0.2) is 0 Å². The lowest BCUT2D eigenvalue weighted by molar-refractivity contribution is 0.155. The number of unbranched alkanes of at least 4 members (excludes halogenated alkanes) is 6. The molecule has 0 aliphatic carbocycles. The molecule has 0 saturated heterocycles. The predicted molar refractivity (Wildman–Crippen MR) is 87.1 cm³/mol. The summed E-state index contributed by atoms with van der Waals surface area (Å²) in [6.45, 7) is 2.23. The average molecular weight is 294 g/mol. The zero-order valence-corrected chi connectivity index (χ0v) is 13.7. The monoisotopic (exact) mass is 294 g/mol. The van der Waals surface area contributed by atoms with Gasteiger partial charge in [-0.05, 0) is 18.6 Å². The highest BCUT2D eigenvalue weighted by Gasteiger charge is 2.18. The molecule has 1 aromatic carbocycles. The number of rotatable bonds is 11. The van der Waals surface area contributed by atoms with Crippen LogP contribution in [0.5, 0.6) is 11.5 Å². The van der Waals surface area contributed by atoms with Gasteiger partial charge in [0.05, 0.1) is 25.9 Å². The van der Waals surface area contributed by atoms with Crippen molar-refractivity contribution >= 4 is 0 Å². The van der Waals surface area contributed by atoms with E-state index in [1.54, 1.807) is 14.2 Å². The molecule has 120 valence electrons. The number of hydrogen-bond acceptors (Lipinski definition) is 3. The summed E-state index contributed by atoms with van der Waals surface area (Å²) in [6.07, 6.45) is 8.97. The van der Waals surface area contributed by atoms with Crippen LogP contribution in [0.15, 0.2) is 18.2 Å². The third kappa shape index (κ3) is 5.96. The molecule has 0 fully saturated rings. The quantitative estimate of drug-likeness (QED) is 0.591. The fourth-order valence-corrected chi connectivity index (χ4v) is 2.65. The molecule has 0 aliphatic heterocycles. The standard InChI is InChI=1S/C18H30O3/c1-4-5-6-7-8-9-10-12-15(19)18-16(20-2)13-11-14-17(18)21-3/h11,13-15,19H,4-10,12H2,1-3H3. The number of aliphatic hydroxyl groups is 1. The van der Waals surface area contributed by atoms with E-state index >= 15 is 0 Å². The molecule has 0 amide bonds. The van der Waals surface area contributed by atoms with E-state index in [0.29, 0.717) is 11.5 Å². The molecule has 0 spiro atoms. The summed E-state index contributed by atoms with van der Waals surface area (Å²) in [5, 5.41) is 10.4. The molecule has 3 nitrogen and oxygen atoms in total. The van der Waals surface area contributed by atoms with Gasteiger partial charge in [0.1, 0.15) is 11.5 Å². The van der Waals surface area contributed by atoms with Crippen LogP contribution < -0.4 is 9.47 Å². The molecule has 0 aromatic heterocycles. The van der Waals surface area contributed by atoms with Gasteiger partial charge in [-0.1, -0.05) is 57.9 Å². The van der Waals surface area contributed by atoms with Gasteiger partial charge in [0.15, 0.2) is 0 Å². The third-order valence-electron chi connectivity index (χ3n) is 3.88. The lowest BCUT2D eigenvalue weighted by Gasteiger charge is -2.18. The second-order valence-electron chi connectivity index (χ2n) is 5.50. The summed E-state index contributed by atoms with van der Waals surface area (Å²) in [7, 11) is 3.25. The minimum atomic E-state index is -0.522. The molecule has 0 aliphatic rings. The first-order chi connectivity index (χ1) is 10.2. The number of methoxy groups -OCH3 is 2. The van der Waals surface area contributed by atoms with Crippen LogP contribution in [0.3, 0.4) is 0 Å². The van der Waals surface area contributed by atoms with Crippen molar-refractivity contribution in [1.82, 2.24) is 0 Å². The van der Waals surface area contributed by atoms with Gasteiger partial charge in [-0.2, -0.15) is 0 Å². The van der Waals surface area contributed by atoms with Crippen LogP contribution in [0, 0.1) is 0 Å². The van der Waals surface area contributed by atoms with E-state index in [-0.39, 0.29) is 0 Å². The average Bonchev–Trinajstić information content (AvgIpc) is 2.52. The van der Waals surface area contributed by atoms with Crippen LogP contribution in [-0.4, -0.2) is 19.3 Å². The fraction of sp³-hybridized carbons (Fsp3) is 0.667. The van der Waals surface area contributed by atoms with Crippen molar-refractivity contribution in [1.29, 1.82) is 0 Å². The molecule has 1 atom stereocenters. The van der Waals surface area contributed by atoms with Crippen molar-refractivity contribution in [2.45, 2.75) is 64.4 Å². The first-order valence-electron chi connectivity index (χ1n) is 8.13. The van der Waals surface area contributed by atoms with Gasteiger partial charge in [0.2, 0.25) is 0 Å². The molecule has 1 rings (SSSR count). The van der Waals surface area contributed by atoms with Crippen LogP contribution in [0.4, 0.5) is 0 Å². The number of aliphatic hydroxyl groups excluding tert-OH is 1. The Balaban J connectivity index is 2.43. The zero-order valence-electron chi connectivity index (χ0n) is 13.7. The highest BCUT2D eigenvalue weighted by atomic mass is 16.5. The molecule has 0 bridgehead atoms. The summed E-state index contributed by atoms with van der Waals surface area (Å²) in [5.41, 5.74) is 0.772. The molecule has 21 heavy (non-hydrogen) atoms. The third-order valence-corrected chi connectivity index (χ3v) is 3.88. The van der Waals surface area contributed by atoms with E-state index in [2.05, 4.69) is 6.92 Å². The second kappa shape index (κ2) is 10.5. The maximum absolute atomic E-state index is 10.4. The van der Waals surface area contributed by atoms with Gasteiger partial charge in [0.25, 0.3) is 0 Å². The van der Waals surface area contributed by atoms with Crippen LogP contribution in [0.1, 0.15) is 70.0 Å². The molecule has 1 aromatic rings. The molecular formula is C18H30O3.